The van der Waals surface area contributed by atoms with Crippen LogP contribution in [0.5, 0.6) is 5.75 Å². The number of imide groups is 1. The summed E-state index contributed by atoms with van der Waals surface area (Å²) < 4.78 is 7.54. The predicted molar refractivity (Wildman–Crippen MR) is 216 cm³/mol. The Kier molecular flexibility index (Phi) is 9.77. The van der Waals surface area contributed by atoms with Crippen LogP contribution in [0.1, 0.15) is 81.0 Å². The highest BCUT2D eigenvalue weighted by molar-refractivity contribution is 6.31. The standard InChI is InChI=1S/C43H44ClN9O5/c1-41(2)39(42(3,4)40(41)58-30-11-8-26(22-45)32(44)21-30)52-35(54)14-13-34(38(52)57)53-37(56)31-12-10-29(20-33(31)48-49-53)51-18-15-43(16-19-51)24-50(25-43)17-5-6-28-9-7-27(23-47-28)36(46)55/h7-12,20-21,23,34,39-40H,13-19,24-25H2,1-4H3,(H2,46,55). The zero-order valence-corrected chi connectivity index (χ0v) is 33.6. The fraction of sp³-hybridized carbons (Fsp3) is 0.442. The minimum atomic E-state index is -0.983. The zero-order valence-electron chi connectivity index (χ0n) is 32.9. The van der Waals surface area contributed by atoms with Crippen molar-refractivity contribution in [3.63, 3.8) is 0 Å². The molecule has 14 nitrogen and oxygen atoms in total. The first-order valence-electron chi connectivity index (χ1n) is 19.5. The molecule has 3 amide bonds. The average Bonchev–Trinajstić information content (AvgIpc) is 3.18. The Bertz CT molecular complexity index is 2490. The molecule has 1 spiro atoms. The maximum Gasteiger partial charge on any atom is 0.278 e. The number of benzene rings is 2. The Labute approximate surface area is 340 Å². The van der Waals surface area contributed by atoms with Crippen LogP contribution < -0.4 is 20.9 Å². The minimum Gasteiger partial charge on any atom is -0.489 e. The van der Waals surface area contributed by atoms with E-state index in [2.05, 4.69) is 36.9 Å². The van der Waals surface area contributed by atoms with Crippen LogP contribution in [0.3, 0.4) is 0 Å². The number of nitrogens with two attached hydrogens (primary N) is 1. The van der Waals surface area contributed by atoms with E-state index in [4.69, 9.17) is 22.1 Å². The average molecular weight is 802 g/mol. The number of carbonyl (C=O) groups is 3. The Morgan fingerprint density at radius 2 is 1.76 bits per heavy atom. The van der Waals surface area contributed by atoms with Gasteiger partial charge in [0.1, 0.15) is 35.2 Å². The van der Waals surface area contributed by atoms with Crippen LogP contribution in [0.4, 0.5) is 5.69 Å². The largest absolute Gasteiger partial charge is 0.489 e. The van der Waals surface area contributed by atoms with E-state index in [0.29, 0.717) is 40.0 Å². The lowest BCUT2D eigenvalue weighted by Gasteiger charge is -2.65. The van der Waals surface area contributed by atoms with Gasteiger partial charge in [0, 0.05) is 61.4 Å². The number of amides is 3. The van der Waals surface area contributed by atoms with E-state index in [1.807, 2.05) is 45.9 Å². The van der Waals surface area contributed by atoms with Crippen molar-refractivity contribution in [1.29, 1.82) is 5.26 Å². The van der Waals surface area contributed by atoms with Gasteiger partial charge in [-0.1, -0.05) is 50.4 Å². The number of hydrogen-bond donors (Lipinski definition) is 1. The van der Waals surface area contributed by atoms with Crippen molar-refractivity contribution in [3.8, 4) is 23.7 Å². The van der Waals surface area contributed by atoms with Crippen molar-refractivity contribution < 1.29 is 19.1 Å². The molecule has 3 saturated heterocycles. The topological polar surface area (TPSA) is 181 Å². The second-order valence-corrected chi connectivity index (χ2v) is 17.6. The van der Waals surface area contributed by atoms with Gasteiger partial charge in [-0.2, -0.15) is 9.94 Å². The van der Waals surface area contributed by atoms with E-state index in [9.17, 15) is 24.4 Å². The maximum atomic E-state index is 14.3. The zero-order chi connectivity index (χ0) is 41.1. The van der Waals surface area contributed by atoms with Gasteiger partial charge in [0.2, 0.25) is 11.8 Å². The number of primary amides is 1. The monoisotopic (exact) mass is 801 g/mol. The van der Waals surface area contributed by atoms with Crippen LogP contribution >= 0.6 is 11.6 Å². The third-order valence-electron chi connectivity index (χ3n) is 12.6. The lowest BCUT2D eigenvalue weighted by molar-refractivity contribution is -0.216. The smallest absolute Gasteiger partial charge is 0.278 e. The van der Waals surface area contributed by atoms with Crippen LogP contribution in [0.15, 0.2) is 59.5 Å². The van der Waals surface area contributed by atoms with Crippen molar-refractivity contribution in [2.45, 2.75) is 71.6 Å². The maximum absolute atomic E-state index is 14.3. The molecule has 1 atom stereocenters. The molecule has 1 unspecified atom stereocenters. The quantitative estimate of drug-likeness (QED) is 0.208. The number of likely N-dealkylation sites (tertiary alicyclic amines) is 2. The molecule has 15 heteroatoms. The molecule has 1 saturated carbocycles. The number of piperidine rings is 2. The molecule has 2 N–H and O–H groups in total. The highest BCUT2D eigenvalue weighted by Gasteiger charge is 2.68. The number of ether oxygens (including phenoxy) is 1. The summed E-state index contributed by atoms with van der Waals surface area (Å²) in [5.74, 6) is 5.44. The van der Waals surface area contributed by atoms with E-state index in [-0.39, 0.29) is 29.2 Å². The molecule has 8 rings (SSSR count). The first-order chi connectivity index (χ1) is 27.6. The molecular formula is C43H44ClN9O5. The minimum absolute atomic E-state index is 0.0775. The Morgan fingerprint density at radius 1 is 1.02 bits per heavy atom. The second kappa shape index (κ2) is 14.5. The van der Waals surface area contributed by atoms with Gasteiger partial charge in [-0.05, 0) is 73.1 Å². The van der Waals surface area contributed by atoms with Crippen molar-refractivity contribution in [1.82, 2.24) is 29.8 Å². The third-order valence-corrected chi connectivity index (χ3v) is 12.9. The highest BCUT2D eigenvalue weighted by Crippen LogP contribution is 2.59. The summed E-state index contributed by atoms with van der Waals surface area (Å²) in [7, 11) is 0. The van der Waals surface area contributed by atoms with Crippen LogP contribution in [-0.4, -0.2) is 92.4 Å². The number of anilines is 1. The molecular weight excluding hydrogens is 758 g/mol. The van der Waals surface area contributed by atoms with Crippen molar-refractivity contribution >= 4 is 45.9 Å². The first-order valence-corrected chi connectivity index (χ1v) is 19.8. The molecule has 2 aromatic carbocycles. The summed E-state index contributed by atoms with van der Waals surface area (Å²) >= 11 is 6.27. The predicted octanol–water partition coefficient (Wildman–Crippen LogP) is 4.34. The molecule has 5 heterocycles. The normalized spacial score (nSPS) is 23.3. The van der Waals surface area contributed by atoms with Gasteiger partial charge < -0.3 is 15.4 Å². The van der Waals surface area contributed by atoms with E-state index >= 15 is 0 Å². The number of nitrogens with zero attached hydrogens (tertiary/aromatic N) is 8. The van der Waals surface area contributed by atoms with Gasteiger partial charge in [-0.15, -0.1) is 5.10 Å². The SMILES string of the molecule is CC1(C)C(Oc2ccc(C#N)c(Cl)c2)C(C)(C)C1N1C(=O)CCC(n2nnc3cc(N4CCC5(CC4)CN(CC#Cc4ccc(C(N)=O)cn4)C5)ccc3c2=O)C1=O. The third kappa shape index (κ3) is 6.74. The summed E-state index contributed by atoms with van der Waals surface area (Å²) in [6.07, 6.45) is 3.33. The number of nitriles is 1. The lowest BCUT2D eigenvalue weighted by atomic mass is 9.48. The molecule has 3 aliphatic heterocycles. The first kappa shape index (κ1) is 39.0. The van der Waals surface area contributed by atoms with Gasteiger partial charge in [0.05, 0.1) is 34.1 Å². The van der Waals surface area contributed by atoms with E-state index in [1.165, 1.54) is 11.1 Å². The van der Waals surface area contributed by atoms with Crippen LogP contribution in [0.25, 0.3) is 10.9 Å². The molecule has 4 fully saturated rings. The number of aromatic nitrogens is 4. The van der Waals surface area contributed by atoms with Crippen LogP contribution in [0.2, 0.25) is 5.02 Å². The number of rotatable bonds is 7. The lowest BCUT2D eigenvalue weighted by Crippen LogP contribution is -2.77. The Hall–Kier alpha value is -5.83. The van der Waals surface area contributed by atoms with Crippen molar-refractivity contribution in [3.05, 3.63) is 86.9 Å². The fourth-order valence-corrected chi connectivity index (χ4v) is 10.2. The second-order valence-electron chi connectivity index (χ2n) is 17.2. The van der Waals surface area contributed by atoms with Gasteiger partial charge in [0.25, 0.3) is 11.5 Å². The van der Waals surface area contributed by atoms with Crippen molar-refractivity contribution in [2.24, 2.45) is 22.0 Å². The summed E-state index contributed by atoms with van der Waals surface area (Å²) in [5.41, 5.74) is 6.51. The number of halogens is 1. The highest BCUT2D eigenvalue weighted by atomic mass is 35.5. The molecule has 58 heavy (non-hydrogen) atoms. The van der Waals surface area contributed by atoms with Gasteiger partial charge in [-0.3, -0.25) is 29.0 Å². The summed E-state index contributed by atoms with van der Waals surface area (Å²) in [6, 6.07) is 14.3. The van der Waals surface area contributed by atoms with Crippen LogP contribution in [0, 0.1) is 39.4 Å². The summed E-state index contributed by atoms with van der Waals surface area (Å²) in [6.45, 7) is 12.2. The molecule has 4 aliphatic rings. The van der Waals surface area contributed by atoms with Gasteiger partial charge in [0.15, 0.2) is 0 Å². The van der Waals surface area contributed by atoms with E-state index in [0.717, 1.165) is 49.4 Å². The van der Waals surface area contributed by atoms with E-state index < -0.39 is 46.4 Å². The molecule has 1 aliphatic carbocycles. The fourth-order valence-electron chi connectivity index (χ4n) is 10.0. The number of fused-ring (bicyclic) bond motifs is 1. The van der Waals surface area contributed by atoms with E-state index in [1.54, 1.807) is 36.4 Å². The number of pyridine rings is 1. The van der Waals surface area contributed by atoms with Gasteiger partial charge >= 0.3 is 0 Å². The summed E-state index contributed by atoms with van der Waals surface area (Å²) in [4.78, 5) is 63.2. The summed E-state index contributed by atoms with van der Waals surface area (Å²) in [5, 5.41) is 18.6. The molecule has 2 aromatic heterocycles. The molecule has 4 aromatic rings. The van der Waals surface area contributed by atoms with Gasteiger partial charge in [-0.25, -0.2) is 4.98 Å². The molecule has 298 valence electrons. The Morgan fingerprint density at radius 3 is 2.41 bits per heavy atom. The van der Waals surface area contributed by atoms with Crippen molar-refractivity contribution in [2.75, 3.05) is 37.6 Å². The molecule has 0 radical (unpaired) electrons. The number of hydrogen-bond acceptors (Lipinski definition) is 11. The Balaban J connectivity index is 0.909. The molecule has 0 bridgehead atoms. The number of carbonyl (C=O) groups excluding carboxylic acids is 3. The van der Waals surface area contributed by atoms with Crippen LogP contribution in [-0.2, 0) is 9.59 Å².